The van der Waals surface area contributed by atoms with Gasteiger partial charge in [0, 0.05) is 24.3 Å². The van der Waals surface area contributed by atoms with Gasteiger partial charge in [-0.3, -0.25) is 4.79 Å². The van der Waals surface area contributed by atoms with Crippen molar-refractivity contribution in [1.29, 1.82) is 0 Å². The second kappa shape index (κ2) is 9.74. The number of carbonyl (C=O) groups excluding carboxylic acids is 2. The Labute approximate surface area is 171 Å². The van der Waals surface area contributed by atoms with E-state index < -0.39 is 5.97 Å². The van der Waals surface area contributed by atoms with Crippen LogP contribution in [0.25, 0.3) is 0 Å². The molecule has 1 aromatic heterocycles. The molecule has 29 heavy (non-hydrogen) atoms. The third-order valence-electron chi connectivity index (χ3n) is 5.16. The number of hydrogen-bond donors (Lipinski definition) is 1. The average Bonchev–Trinajstić information content (AvgIpc) is 3.05. The topological polar surface area (TPSA) is 77.6 Å². The third kappa shape index (κ3) is 4.88. The summed E-state index contributed by atoms with van der Waals surface area (Å²) in [6.07, 6.45) is 2.04. The Kier molecular flexibility index (Phi) is 7.09. The molecule has 0 saturated heterocycles. The monoisotopic (exact) mass is 399 g/mol. The number of carbonyl (C=O) groups is 2. The van der Waals surface area contributed by atoms with Crippen molar-refractivity contribution in [3.63, 3.8) is 0 Å². The molecule has 6 heteroatoms. The van der Waals surface area contributed by atoms with Gasteiger partial charge in [0.25, 0.3) is 0 Å². The Hall–Kier alpha value is -2.60. The lowest BCUT2D eigenvalue weighted by Gasteiger charge is -2.22. The summed E-state index contributed by atoms with van der Waals surface area (Å²) in [6.45, 7) is 7.61. The second-order valence-electron chi connectivity index (χ2n) is 7.26. The Bertz CT molecular complexity index is 853. The van der Waals surface area contributed by atoms with Crippen LogP contribution in [-0.4, -0.2) is 43.2 Å². The highest BCUT2D eigenvalue weighted by Crippen LogP contribution is 2.35. The first-order chi connectivity index (χ1) is 14.0. The first-order valence-corrected chi connectivity index (χ1v) is 10.3. The maximum Gasteiger partial charge on any atom is 0.355 e. The summed E-state index contributed by atoms with van der Waals surface area (Å²) >= 11 is 0. The predicted molar refractivity (Wildman–Crippen MR) is 110 cm³/mol. The van der Waals surface area contributed by atoms with Gasteiger partial charge in [-0.25, -0.2) is 4.79 Å². The van der Waals surface area contributed by atoms with E-state index in [2.05, 4.69) is 4.98 Å². The van der Waals surface area contributed by atoms with Crippen LogP contribution >= 0.6 is 0 Å². The molecule has 3 rings (SSSR count). The van der Waals surface area contributed by atoms with Gasteiger partial charge in [-0.1, -0.05) is 19.1 Å². The number of aromatic nitrogens is 1. The van der Waals surface area contributed by atoms with E-state index in [1.165, 1.54) is 0 Å². The van der Waals surface area contributed by atoms with E-state index in [-0.39, 0.29) is 18.3 Å². The molecule has 0 spiro atoms. The predicted octanol–water partition coefficient (Wildman–Crippen LogP) is 4.22. The molecule has 0 aliphatic heterocycles. The summed E-state index contributed by atoms with van der Waals surface area (Å²) in [6, 6.07) is 7.88. The van der Waals surface area contributed by atoms with E-state index in [0.717, 1.165) is 23.4 Å². The quantitative estimate of drug-likeness (QED) is 0.505. The van der Waals surface area contributed by atoms with Crippen LogP contribution in [0.4, 0.5) is 0 Å². The fourth-order valence-electron chi connectivity index (χ4n) is 3.79. The molecule has 1 N–H and O–H groups in total. The molecule has 1 heterocycles. The van der Waals surface area contributed by atoms with Crippen LogP contribution in [0.1, 0.15) is 70.3 Å². The lowest BCUT2D eigenvalue weighted by atomic mass is 9.81. The number of nitrogens with one attached hydrogen (secondary N) is 1. The number of esters is 1. The Morgan fingerprint density at radius 3 is 2.55 bits per heavy atom. The lowest BCUT2D eigenvalue weighted by molar-refractivity contribution is 0.0312. The molecule has 2 aromatic rings. The van der Waals surface area contributed by atoms with E-state index in [9.17, 15) is 9.59 Å². The lowest BCUT2D eigenvalue weighted by Crippen LogP contribution is -2.18. The molecule has 1 aliphatic rings. The maximum absolute atomic E-state index is 12.8. The largest absolute Gasteiger partial charge is 0.494 e. The van der Waals surface area contributed by atoms with Crippen molar-refractivity contribution < 1.29 is 23.8 Å². The van der Waals surface area contributed by atoms with Crippen LogP contribution in [0.5, 0.6) is 5.75 Å². The molecule has 0 saturated carbocycles. The van der Waals surface area contributed by atoms with Crippen LogP contribution in [0.2, 0.25) is 0 Å². The Morgan fingerprint density at radius 2 is 1.86 bits per heavy atom. The van der Waals surface area contributed by atoms with Crippen molar-refractivity contribution in [2.24, 2.45) is 0 Å². The van der Waals surface area contributed by atoms with Gasteiger partial charge < -0.3 is 19.2 Å². The molecule has 0 radical (unpaired) electrons. The van der Waals surface area contributed by atoms with Gasteiger partial charge in [-0.2, -0.15) is 0 Å². The number of Topliss-reactive ketones (excluding diaryl/α,β-unsaturated/α-hetero) is 1. The van der Waals surface area contributed by atoms with E-state index in [1.54, 1.807) is 6.92 Å². The van der Waals surface area contributed by atoms with Crippen molar-refractivity contribution in [2.45, 2.75) is 46.0 Å². The SMILES string of the molecule is CCCOCCOC(=O)c1[nH]c2c(c1C)C(=O)C[C@H](c1ccc(OCC)cc1)C2. The van der Waals surface area contributed by atoms with Gasteiger partial charge in [0.1, 0.15) is 18.1 Å². The van der Waals surface area contributed by atoms with Crippen molar-refractivity contribution in [3.8, 4) is 5.75 Å². The Morgan fingerprint density at radius 1 is 1.10 bits per heavy atom. The number of aromatic amines is 1. The fraction of sp³-hybridized carbons (Fsp3) is 0.478. The number of H-pyrrole nitrogens is 1. The first kappa shape index (κ1) is 21.1. The molecule has 156 valence electrons. The standard InChI is InChI=1S/C23H29NO5/c1-4-10-27-11-12-29-23(26)22-15(3)21-19(24-22)13-17(14-20(21)25)16-6-8-18(9-7-16)28-5-2/h6-9,17,24H,4-5,10-14H2,1-3H3/t17-/m1/s1. The van der Waals surface area contributed by atoms with Gasteiger partial charge in [0.05, 0.1) is 13.2 Å². The summed E-state index contributed by atoms with van der Waals surface area (Å²) < 4.78 is 16.1. The molecule has 1 aromatic carbocycles. The average molecular weight is 399 g/mol. The van der Waals surface area contributed by atoms with Crippen molar-refractivity contribution in [3.05, 3.63) is 52.3 Å². The van der Waals surface area contributed by atoms with E-state index >= 15 is 0 Å². The number of benzene rings is 1. The number of hydrogen-bond acceptors (Lipinski definition) is 5. The molecule has 0 amide bonds. The summed E-state index contributed by atoms with van der Waals surface area (Å²) in [5, 5.41) is 0. The van der Waals surface area contributed by atoms with Crippen LogP contribution in [-0.2, 0) is 15.9 Å². The molecular weight excluding hydrogens is 370 g/mol. The molecular formula is C23H29NO5. The normalized spacial score (nSPS) is 15.8. The molecule has 1 atom stereocenters. The van der Waals surface area contributed by atoms with E-state index in [4.69, 9.17) is 14.2 Å². The number of fused-ring (bicyclic) bond motifs is 1. The van der Waals surface area contributed by atoms with E-state index in [0.29, 0.717) is 49.5 Å². The van der Waals surface area contributed by atoms with Crippen LogP contribution in [0, 0.1) is 6.92 Å². The van der Waals surface area contributed by atoms with Crippen LogP contribution in [0.3, 0.4) is 0 Å². The summed E-state index contributed by atoms with van der Waals surface area (Å²) in [7, 11) is 0. The van der Waals surface area contributed by atoms with E-state index in [1.807, 2.05) is 38.1 Å². The van der Waals surface area contributed by atoms with Gasteiger partial charge in [0.15, 0.2) is 5.78 Å². The minimum absolute atomic E-state index is 0.0595. The van der Waals surface area contributed by atoms with Gasteiger partial charge >= 0.3 is 5.97 Å². The number of ketones is 1. The fourth-order valence-corrected chi connectivity index (χ4v) is 3.79. The number of ether oxygens (including phenoxy) is 3. The third-order valence-corrected chi connectivity index (χ3v) is 5.16. The minimum Gasteiger partial charge on any atom is -0.494 e. The van der Waals surface area contributed by atoms with Crippen LogP contribution < -0.4 is 4.74 Å². The number of rotatable bonds is 9. The van der Waals surface area contributed by atoms with Gasteiger partial charge in [-0.15, -0.1) is 0 Å². The zero-order valence-corrected chi connectivity index (χ0v) is 17.4. The summed E-state index contributed by atoms with van der Waals surface area (Å²) in [5.74, 6) is 0.518. The highest BCUT2D eigenvalue weighted by atomic mass is 16.6. The summed E-state index contributed by atoms with van der Waals surface area (Å²) in [4.78, 5) is 28.4. The molecule has 6 nitrogen and oxygen atoms in total. The zero-order valence-electron chi connectivity index (χ0n) is 17.4. The van der Waals surface area contributed by atoms with Crippen molar-refractivity contribution in [1.82, 2.24) is 4.98 Å². The van der Waals surface area contributed by atoms with Crippen molar-refractivity contribution in [2.75, 3.05) is 26.4 Å². The summed E-state index contributed by atoms with van der Waals surface area (Å²) in [5.41, 5.74) is 3.59. The molecule has 1 aliphatic carbocycles. The maximum atomic E-state index is 12.8. The molecule has 0 unspecified atom stereocenters. The minimum atomic E-state index is -0.442. The Balaban J connectivity index is 1.70. The highest BCUT2D eigenvalue weighted by molar-refractivity contribution is 6.03. The highest BCUT2D eigenvalue weighted by Gasteiger charge is 2.32. The van der Waals surface area contributed by atoms with Gasteiger partial charge in [0.2, 0.25) is 0 Å². The first-order valence-electron chi connectivity index (χ1n) is 10.3. The second-order valence-corrected chi connectivity index (χ2v) is 7.26. The smallest absolute Gasteiger partial charge is 0.355 e. The molecule has 0 fully saturated rings. The van der Waals surface area contributed by atoms with Gasteiger partial charge in [-0.05, 0) is 55.9 Å². The van der Waals surface area contributed by atoms with Crippen LogP contribution in [0.15, 0.2) is 24.3 Å². The van der Waals surface area contributed by atoms with Crippen molar-refractivity contribution >= 4 is 11.8 Å². The molecule has 0 bridgehead atoms. The zero-order chi connectivity index (χ0) is 20.8.